The van der Waals surface area contributed by atoms with Crippen molar-refractivity contribution in [3.8, 4) is 5.75 Å². The highest BCUT2D eigenvalue weighted by atomic mass is 16.5. The molecule has 2 heterocycles. The Kier molecular flexibility index (Phi) is 3.22. The lowest BCUT2D eigenvalue weighted by atomic mass is 10.0. The zero-order valence-electron chi connectivity index (χ0n) is 12.3. The second-order valence-corrected chi connectivity index (χ2v) is 5.81. The summed E-state index contributed by atoms with van der Waals surface area (Å²) in [6.07, 6.45) is 2.38. The number of hydrogen-bond donors (Lipinski definition) is 2. The summed E-state index contributed by atoms with van der Waals surface area (Å²) in [6.45, 7) is 1.02. The zero-order chi connectivity index (χ0) is 14.9. The molecule has 2 aliphatic heterocycles. The van der Waals surface area contributed by atoms with Gasteiger partial charge in [-0.25, -0.2) is 0 Å². The molecule has 2 aromatic rings. The fourth-order valence-corrected chi connectivity index (χ4v) is 3.10. The topological polar surface area (TPSA) is 50.4 Å². The maximum Gasteiger partial charge on any atom is 0.265 e. The summed E-state index contributed by atoms with van der Waals surface area (Å²) in [4.78, 5) is 12.4. The molecular formula is C18H18N2O2. The third-order valence-electron chi connectivity index (χ3n) is 4.25. The monoisotopic (exact) mass is 294 g/mol. The Bertz CT molecular complexity index is 702. The fourth-order valence-electron chi connectivity index (χ4n) is 3.10. The molecule has 0 aliphatic carbocycles. The van der Waals surface area contributed by atoms with E-state index in [9.17, 15) is 4.79 Å². The van der Waals surface area contributed by atoms with E-state index in [2.05, 4.69) is 16.7 Å². The number of hydrogen-bond acceptors (Lipinski definition) is 3. The number of carbonyl (C=O) groups excluding carboxylic acids is 1. The molecule has 0 aromatic heterocycles. The molecule has 0 saturated carbocycles. The molecule has 2 N–H and O–H groups in total. The van der Waals surface area contributed by atoms with Crippen molar-refractivity contribution in [2.75, 3.05) is 17.2 Å². The van der Waals surface area contributed by atoms with Crippen LogP contribution in [0.15, 0.2) is 42.5 Å². The highest BCUT2D eigenvalue weighted by molar-refractivity contribution is 5.95. The Hall–Kier alpha value is -2.49. The zero-order valence-corrected chi connectivity index (χ0v) is 12.3. The van der Waals surface area contributed by atoms with Crippen molar-refractivity contribution in [3.63, 3.8) is 0 Å². The first-order chi connectivity index (χ1) is 10.8. The van der Waals surface area contributed by atoms with Crippen LogP contribution in [0.2, 0.25) is 0 Å². The van der Waals surface area contributed by atoms with Crippen molar-refractivity contribution < 1.29 is 9.53 Å². The highest BCUT2D eigenvalue weighted by Gasteiger charge is 2.28. The van der Waals surface area contributed by atoms with Crippen LogP contribution in [-0.2, 0) is 17.6 Å². The van der Waals surface area contributed by atoms with Gasteiger partial charge in [0.15, 0.2) is 6.10 Å². The Morgan fingerprint density at radius 3 is 3.00 bits per heavy atom. The van der Waals surface area contributed by atoms with Gasteiger partial charge in [-0.05, 0) is 48.2 Å². The first kappa shape index (κ1) is 13.2. The third kappa shape index (κ3) is 2.41. The predicted molar refractivity (Wildman–Crippen MR) is 86.4 cm³/mol. The van der Waals surface area contributed by atoms with Gasteiger partial charge in [0.05, 0.1) is 0 Å². The summed E-state index contributed by atoms with van der Waals surface area (Å²) in [5.74, 6) is 0.734. The van der Waals surface area contributed by atoms with Crippen molar-refractivity contribution in [1.82, 2.24) is 0 Å². The van der Waals surface area contributed by atoms with E-state index >= 15 is 0 Å². The second kappa shape index (κ2) is 5.37. The lowest BCUT2D eigenvalue weighted by Gasteiger charge is -2.19. The molecule has 1 amide bonds. The van der Waals surface area contributed by atoms with Gasteiger partial charge < -0.3 is 15.4 Å². The van der Waals surface area contributed by atoms with Gasteiger partial charge in [0.1, 0.15) is 5.75 Å². The molecule has 2 aliphatic rings. The van der Waals surface area contributed by atoms with Gasteiger partial charge in [0.2, 0.25) is 0 Å². The Balaban J connectivity index is 1.47. The summed E-state index contributed by atoms with van der Waals surface area (Å²) in [5.41, 5.74) is 4.37. The van der Waals surface area contributed by atoms with Gasteiger partial charge in [-0.3, -0.25) is 4.79 Å². The SMILES string of the molecule is O=C(Nc1ccc2c(c1)CCCN2)C1Cc2ccccc2O1. The number of rotatable bonds is 2. The summed E-state index contributed by atoms with van der Waals surface area (Å²) < 4.78 is 5.73. The van der Waals surface area contributed by atoms with Crippen LogP contribution in [0.1, 0.15) is 17.5 Å². The average molecular weight is 294 g/mol. The van der Waals surface area contributed by atoms with Gasteiger partial charge in [-0.2, -0.15) is 0 Å². The minimum absolute atomic E-state index is 0.0834. The average Bonchev–Trinajstić information content (AvgIpc) is 2.99. The Morgan fingerprint density at radius 2 is 2.09 bits per heavy atom. The first-order valence-corrected chi connectivity index (χ1v) is 7.72. The maximum atomic E-state index is 12.4. The molecule has 0 radical (unpaired) electrons. The third-order valence-corrected chi connectivity index (χ3v) is 4.25. The van der Waals surface area contributed by atoms with Crippen LogP contribution in [-0.4, -0.2) is 18.6 Å². The molecule has 22 heavy (non-hydrogen) atoms. The molecule has 112 valence electrons. The molecule has 0 spiro atoms. The summed E-state index contributed by atoms with van der Waals surface area (Å²) in [6, 6.07) is 13.8. The fraction of sp³-hybridized carbons (Fsp3) is 0.278. The van der Waals surface area contributed by atoms with Gasteiger partial charge in [0.25, 0.3) is 5.91 Å². The van der Waals surface area contributed by atoms with E-state index < -0.39 is 6.10 Å². The molecular weight excluding hydrogens is 276 g/mol. The summed E-state index contributed by atoms with van der Waals surface area (Å²) in [5, 5.41) is 6.35. The number of fused-ring (bicyclic) bond motifs is 2. The van der Waals surface area contributed by atoms with E-state index in [0.717, 1.165) is 36.4 Å². The van der Waals surface area contributed by atoms with Crippen molar-refractivity contribution in [1.29, 1.82) is 0 Å². The van der Waals surface area contributed by atoms with Crippen molar-refractivity contribution in [2.45, 2.75) is 25.4 Å². The van der Waals surface area contributed by atoms with Gasteiger partial charge in [-0.15, -0.1) is 0 Å². The van der Waals surface area contributed by atoms with Crippen molar-refractivity contribution in [2.24, 2.45) is 0 Å². The smallest absolute Gasteiger partial charge is 0.265 e. The molecule has 4 heteroatoms. The largest absolute Gasteiger partial charge is 0.480 e. The van der Waals surface area contributed by atoms with Crippen molar-refractivity contribution >= 4 is 17.3 Å². The number of carbonyl (C=O) groups is 1. The first-order valence-electron chi connectivity index (χ1n) is 7.72. The van der Waals surface area contributed by atoms with Crippen LogP contribution < -0.4 is 15.4 Å². The molecule has 4 nitrogen and oxygen atoms in total. The van der Waals surface area contributed by atoms with E-state index in [-0.39, 0.29) is 5.91 Å². The molecule has 1 atom stereocenters. The highest BCUT2D eigenvalue weighted by Crippen LogP contribution is 2.29. The Morgan fingerprint density at radius 1 is 1.18 bits per heavy atom. The lowest BCUT2D eigenvalue weighted by Crippen LogP contribution is -2.31. The van der Waals surface area contributed by atoms with Crippen LogP contribution in [0, 0.1) is 0 Å². The summed E-state index contributed by atoms with van der Waals surface area (Å²) >= 11 is 0. The van der Waals surface area contributed by atoms with E-state index in [4.69, 9.17) is 4.74 Å². The van der Waals surface area contributed by atoms with E-state index in [1.165, 1.54) is 11.3 Å². The van der Waals surface area contributed by atoms with Crippen molar-refractivity contribution in [3.05, 3.63) is 53.6 Å². The molecule has 4 rings (SSSR count). The number of amides is 1. The normalized spacial score (nSPS) is 18.6. The number of anilines is 2. The number of benzene rings is 2. The van der Waals surface area contributed by atoms with Crippen LogP contribution >= 0.6 is 0 Å². The minimum Gasteiger partial charge on any atom is -0.480 e. The molecule has 0 fully saturated rings. The number of nitrogens with one attached hydrogen (secondary N) is 2. The molecule has 2 aromatic carbocycles. The lowest BCUT2D eigenvalue weighted by molar-refractivity contribution is -0.122. The van der Waals surface area contributed by atoms with Gasteiger partial charge in [-0.1, -0.05) is 18.2 Å². The van der Waals surface area contributed by atoms with E-state index in [1.54, 1.807) is 0 Å². The molecule has 1 unspecified atom stereocenters. The van der Waals surface area contributed by atoms with Crippen LogP contribution in [0.25, 0.3) is 0 Å². The van der Waals surface area contributed by atoms with E-state index in [1.807, 2.05) is 36.4 Å². The molecule has 0 saturated heterocycles. The predicted octanol–water partition coefficient (Wildman–Crippen LogP) is 2.99. The van der Waals surface area contributed by atoms with Crippen LogP contribution in [0.5, 0.6) is 5.75 Å². The minimum atomic E-state index is -0.438. The van der Waals surface area contributed by atoms with Gasteiger partial charge in [0, 0.05) is 24.3 Å². The van der Waals surface area contributed by atoms with Crippen LogP contribution in [0.4, 0.5) is 11.4 Å². The van der Waals surface area contributed by atoms with Gasteiger partial charge >= 0.3 is 0 Å². The summed E-state index contributed by atoms with van der Waals surface area (Å²) in [7, 11) is 0. The van der Waals surface area contributed by atoms with Crippen LogP contribution in [0.3, 0.4) is 0 Å². The maximum absolute atomic E-state index is 12.4. The van der Waals surface area contributed by atoms with E-state index in [0.29, 0.717) is 6.42 Å². The second-order valence-electron chi connectivity index (χ2n) is 5.81. The number of para-hydroxylation sites is 1. The molecule has 0 bridgehead atoms. The Labute approximate surface area is 129 Å². The number of aryl methyl sites for hydroxylation is 1. The quantitative estimate of drug-likeness (QED) is 0.895. The number of ether oxygens (including phenoxy) is 1. The standard InChI is InChI=1S/C18H18N2O2/c21-18(17-11-13-4-1-2-6-16(13)22-17)20-14-7-8-15-12(10-14)5-3-9-19-15/h1-2,4,6-8,10,17,19H,3,5,9,11H2,(H,20,21).